The van der Waals surface area contributed by atoms with Crippen molar-refractivity contribution in [3.63, 3.8) is 0 Å². The van der Waals surface area contributed by atoms with Gasteiger partial charge in [0.15, 0.2) is 5.78 Å². The van der Waals surface area contributed by atoms with Gasteiger partial charge in [-0.1, -0.05) is 62.2 Å². The summed E-state index contributed by atoms with van der Waals surface area (Å²) in [6.45, 7) is 1.57. The van der Waals surface area contributed by atoms with E-state index in [-0.39, 0.29) is 12.3 Å². The molecule has 2 N–H and O–H groups in total. The van der Waals surface area contributed by atoms with Gasteiger partial charge in [0.1, 0.15) is 5.92 Å². The van der Waals surface area contributed by atoms with Crippen LogP contribution in [0, 0.1) is 29.1 Å². The molecule has 1 aliphatic heterocycles. The number of aromatic nitrogens is 1. The molecule has 252 valence electrons. The number of amides is 4. The average Bonchev–Trinajstić information content (AvgIpc) is 3.72. The van der Waals surface area contributed by atoms with Crippen molar-refractivity contribution in [2.24, 2.45) is 17.8 Å². The third-order valence-corrected chi connectivity index (χ3v) is 9.22. The number of ketones is 1. The highest BCUT2D eigenvalue weighted by atomic mass is 16.2. The minimum Gasteiger partial charge on any atom is -0.346 e. The number of pyridine rings is 1. The number of hydrazine groups is 1. The van der Waals surface area contributed by atoms with Gasteiger partial charge in [-0.3, -0.25) is 29.0 Å². The van der Waals surface area contributed by atoms with E-state index in [1.165, 1.54) is 11.1 Å². The van der Waals surface area contributed by atoms with Gasteiger partial charge in [0, 0.05) is 31.9 Å². The van der Waals surface area contributed by atoms with E-state index >= 15 is 0 Å². The van der Waals surface area contributed by atoms with Crippen LogP contribution < -0.4 is 10.6 Å². The van der Waals surface area contributed by atoms with Crippen LogP contribution in [-0.2, 0) is 24.0 Å². The maximum atomic E-state index is 14.0. The summed E-state index contributed by atoms with van der Waals surface area (Å²) >= 11 is 0. The van der Waals surface area contributed by atoms with Gasteiger partial charge in [-0.25, -0.2) is 10.0 Å². The molecule has 4 amide bonds. The van der Waals surface area contributed by atoms with Gasteiger partial charge >= 0.3 is 0 Å². The second kappa shape index (κ2) is 15.6. The molecule has 1 saturated heterocycles. The summed E-state index contributed by atoms with van der Waals surface area (Å²) in [4.78, 5) is 71.6. The van der Waals surface area contributed by atoms with Crippen LogP contribution in [0.15, 0.2) is 79.0 Å². The number of hydrogen-bond acceptors (Lipinski definition) is 8. The molecule has 2 aliphatic rings. The lowest BCUT2D eigenvalue weighted by molar-refractivity contribution is -0.155. The molecule has 0 radical (unpaired) electrons. The summed E-state index contributed by atoms with van der Waals surface area (Å²) in [6.07, 6.45) is 7.73. The second-order valence-corrected chi connectivity index (χ2v) is 12.8. The predicted octanol–water partition coefficient (Wildman–Crippen LogP) is 4.22. The van der Waals surface area contributed by atoms with E-state index in [0.29, 0.717) is 24.0 Å². The highest BCUT2D eigenvalue weighted by Gasteiger charge is 2.52. The molecule has 1 saturated carbocycles. The molecule has 11 heteroatoms. The summed E-state index contributed by atoms with van der Waals surface area (Å²) < 4.78 is 0. The van der Waals surface area contributed by atoms with Crippen molar-refractivity contribution in [2.45, 2.75) is 51.1 Å². The van der Waals surface area contributed by atoms with Crippen LogP contribution in [0.5, 0.6) is 0 Å². The number of benzene rings is 2. The Morgan fingerprint density at radius 1 is 0.980 bits per heavy atom. The molecule has 49 heavy (non-hydrogen) atoms. The van der Waals surface area contributed by atoms with Crippen LogP contribution >= 0.6 is 0 Å². The van der Waals surface area contributed by atoms with Crippen LogP contribution in [-0.4, -0.2) is 64.6 Å². The topological polar surface area (TPSA) is 153 Å². The average molecular weight is 661 g/mol. The lowest BCUT2D eigenvalue weighted by Gasteiger charge is -2.28. The zero-order chi connectivity index (χ0) is 35.1. The van der Waals surface area contributed by atoms with Crippen molar-refractivity contribution in [2.75, 3.05) is 14.1 Å². The minimum atomic E-state index is -1.19. The van der Waals surface area contributed by atoms with E-state index in [1.807, 2.05) is 42.5 Å². The smallest absolute Gasteiger partial charge is 0.255 e. The Kier molecular flexibility index (Phi) is 11.1. The Hall–Kier alpha value is -5.47. The third-order valence-electron chi connectivity index (χ3n) is 9.22. The molecule has 4 atom stereocenters. The fourth-order valence-corrected chi connectivity index (χ4v) is 6.61. The fraction of sp³-hybridized carbons (Fsp3) is 0.342. The molecule has 0 bridgehead atoms. The first kappa shape index (κ1) is 34.9. The number of hydrogen-bond donors (Lipinski definition) is 2. The molecule has 5 rings (SSSR count). The maximum Gasteiger partial charge on any atom is 0.255 e. The molecule has 2 aromatic carbocycles. The largest absolute Gasteiger partial charge is 0.346 e. The number of rotatable bonds is 12. The summed E-state index contributed by atoms with van der Waals surface area (Å²) in [7, 11) is 3.14. The van der Waals surface area contributed by atoms with Crippen LogP contribution in [0.4, 0.5) is 0 Å². The van der Waals surface area contributed by atoms with Crippen molar-refractivity contribution < 1.29 is 24.0 Å². The first-order valence-corrected chi connectivity index (χ1v) is 16.5. The highest BCUT2D eigenvalue weighted by molar-refractivity contribution is 6.16. The standard InChI is InChI=1S/C38H40N6O5/c1-24-34(38(49)44(37(24)48)43(2)3)36(47)35(29-8-4-5-9-29)42-33(46)22-31(28-18-16-27(17-19-28)30-10-6-7-21-40-30)41-32(45)20-15-25-11-13-26(23-39)14-12-25/h6-7,10-21,24,29,31,34-35H,4-5,8-9,22H2,1-3H3,(H,41,45)(H,42,46)/b20-15+/t24-,31?,34+,35-/m0/s1. The van der Waals surface area contributed by atoms with Crippen molar-refractivity contribution >= 4 is 35.5 Å². The van der Waals surface area contributed by atoms with E-state index in [4.69, 9.17) is 5.26 Å². The van der Waals surface area contributed by atoms with E-state index in [2.05, 4.69) is 21.7 Å². The zero-order valence-electron chi connectivity index (χ0n) is 27.8. The molecule has 11 nitrogen and oxygen atoms in total. The Morgan fingerprint density at radius 3 is 2.27 bits per heavy atom. The van der Waals surface area contributed by atoms with Crippen molar-refractivity contribution in [1.29, 1.82) is 5.26 Å². The Balaban J connectivity index is 1.37. The van der Waals surface area contributed by atoms with Gasteiger partial charge in [0.2, 0.25) is 17.7 Å². The molecular formula is C38H40N6O5. The van der Waals surface area contributed by atoms with E-state index < -0.39 is 53.3 Å². The quantitative estimate of drug-likeness (QED) is 0.166. The number of nitrogens with zero attached hydrogens (tertiary/aromatic N) is 4. The second-order valence-electron chi connectivity index (χ2n) is 12.8. The summed E-state index contributed by atoms with van der Waals surface area (Å²) in [6, 6.07) is 20.1. The summed E-state index contributed by atoms with van der Waals surface area (Å²) in [5, 5.41) is 17.3. The van der Waals surface area contributed by atoms with Gasteiger partial charge in [-0.05, 0) is 60.2 Å². The molecule has 2 heterocycles. The van der Waals surface area contributed by atoms with Crippen LogP contribution in [0.25, 0.3) is 17.3 Å². The van der Waals surface area contributed by atoms with Gasteiger partial charge in [0.25, 0.3) is 5.91 Å². The SMILES string of the molecule is C[C@@H]1C(=O)N(N(C)C)C(=O)[C@H]1C(=O)[C@@H](NC(=O)CC(NC(=O)/C=C/c1ccc(C#N)cc1)c1ccc(-c2ccccn2)cc1)C1CCCC1. The Bertz CT molecular complexity index is 1760. The zero-order valence-corrected chi connectivity index (χ0v) is 27.8. The monoisotopic (exact) mass is 660 g/mol. The van der Waals surface area contributed by atoms with Crippen molar-refractivity contribution in [1.82, 2.24) is 25.6 Å². The number of carbonyl (C=O) groups excluding carboxylic acids is 5. The molecule has 0 spiro atoms. The maximum absolute atomic E-state index is 14.0. The van der Waals surface area contributed by atoms with Crippen LogP contribution in [0.3, 0.4) is 0 Å². The van der Waals surface area contributed by atoms with Crippen LogP contribution in [0.1, 0.15) is 61.8 Å². The van der Waals surface area contributed by atoms with Gasteiger partial charge < -0.3 is 10.6 Å². The lowest BCUT2D eigenvalue weighted by Crippen LogP contribution is -2.51. The van der Waals surface area contributed by atoms with Crippen molar-refractivity contribution in [3.05, 3.63) is 95.7 Å². The molecule has 1 aromatic heterocycles. The number of imide groups is 1. The fourth-order valence-electron chi connectivity index (χ4n) is 6.61. The first-order chi connectivity index (χ1) is 23.6. The number of nitriles is 1. The molecule has 1 unspecified atom stereocenters. The number of carbonyl (C=O) groups is 5. The molecule has 2 fully saturated rings. The van der Waals surface area contributed by atoms with Crippen LogP contribution in [0.2, 0.25) is 0 Å². The summed E-state index contributed by atoms with van der Waals surface area (Å²) in [5.41, 5.74) is 3.54. The molecule has 1 aliphatic carbocycles. The summed E-state index contributed by atoms with van der Waals surface area (Å²) in [5.74, 6) is -4.60. The van der Waals surface area contributed by atoms with Gasteiger partial charge in [-0.2, -0.15) is 5.26 Å². The lowest BCUT2D eigenvalue weighted by atomic mass is 9.83. The Labute approximate surface area is 286 Å². The molecular weight excluding hydrogens is 620 g/mol. The number of Topliss-reactive ketones (excluding diaryl/α,β-unsaturated/α-hetero) is 1. The van der Waals surface area contributed by atoms with E-state index in [0.717, 1.165) is 34.7 Å². The third kappa shape index (κ3) is 8.16. The van der Waals surface area contributed by atoms with E-state index in [9.17, 15) is 24.0 Å². The van der Waals surface area contributed by atoms with Gasteiger partial charge in [-0.15, -0.1) is 0 Å². The van der Waals surface area contributed by atoms with Gasteiger partial charge in [0.05, 0.1) is 41.7 Å². The normalized spacial score (nSPS) is 19.2. The first-order valence-electron chi connectivity index (χ1n) is 16.5. The Morgan fingerprint density at radius 2 is 1.67 bits per heavy atom. The van der Waals surface area contributed by atoms with E-state index in [1.54, 1.807) is 57.6 Å². The predicted molar refractivity (Wildman–Crippen MR) is 182 cm³/mol. The number of nitrogens with one attached hydrogen (secondary N) is 2. The molecule has 3 aromatic rings. The minimum absolute atomic E-state index is 0.166. The highest BCUT2D eigenvalue weighted by Crippen LogP contribution is 2.34. The van der Waals surface area contributed by atoms with Crippen molar-refractivity contribution in [3.8, 4) is 17.3 Å².